The number of alkyl halides is 3. The van der Waals surface area contributed by atoms with Crippen molar-refractivity contribution in [3.05, 3.63) is 132 Å². The lowest BCUT2D eigenvalue weighted by Crippen LogP contribution is -2.39. The smallest absolute Gasteiger partial charge is 0.485 e. The lowest BCUT2D eigenvalue weighted by molar-refractivity contribution is -0.572. The van der Waals surface area contributed by atoms with E-state index in [2.05, 4.69) is 126 Å². The topological polar surface area (TPSA) is 61.1 Å². The number of aromatic nitrogens is 1. The van der Waals surface area contributed by atoms with Crippen LogP contribution in [-0.4, -0.2) is 18.5 Å². The maximum absolute atomic E-state index is 10.7. The fourth-order valence-corrected chi connectivity index (χ4v) is 4.98. The van der Waals surface area contributed by atoms with Crippen LogP contribution in [-0.2, 0) is 23.0 Å². The van der Waals surface area contributed by atoms with Gasteiger partial charge in [-0.3, -0.25) is 0 Å². The van der Waals surface area contributed by atoms with Crippen molar-refractivity contribution in [2.24, 2.45) is 0 Å². The normalized spacial score (nSPS) is 12.5. The van der Waals surface area contributed by atoms with Crippen LogP contribution < -0.4 is 4.57 Å². The maximum Gasteiger partial charge on any atom is 0.485 e. The van der Waals surface area contributed by atoms with E-state index in [1.807, 2.05) is 0 Å². The molecule has 40 heavy (non-hydrogen) atoms. The molecular formula is C32H24F3NO3S. The molecule has 1 aromatic heterocycles. The Balaban J connectivity index is 0.000000355. The van der Waals surface area contributed by atoms with Crippen LogP contribution in [0.5, 0.6) is 0 Å². The fourth-order valence-electron chi connectivity index (χ4n) is 4.98. The number of pyridine rings is 1. The van der Waals surface area contributed by atoms with Gasteiger partial charge in [-0.2, -0.15) is 17.7 Å². The molecule has 0 atom stereocenters. The third-order valence-electron chi connectivity index (χ3n) is 6.73. The van der Waals surface area contributed by atoms with Crippen molar-refractivity contribution in [2.45, 2.75) is 18.3 Å². The zero-order valence-corrected chi connectivity index (χ0v) is 22.0. The molecule has 0 unspecified atom stereocenters. The Hall–Kier alpha value is -4.27. The van der Waals surface area contributed by atoms with Gasteiger partial charge in [0.15, 0.2) is 10.1 Å². The number of fused-ring (bicyclic) bond motifs is 3. The summed E-state index contributed by atoms with van der Waals surface area (Å²) in [6.07, 6.45) is 2.11. The van der Waals surface area contributed by atoms with Crippen LogP contribution in [0.25, 0.3) is 39.3 Å². The Labute approximate surface area is 230 Å². The first-order valence-corrected chi connectivity index (χ1v) is 13.9. The van der Waals surface area contributed by atoms with Gasteiger partial charge in [0.2, 0.25) is 17.1 Å². The van der Waals surface area contributed by atoms with Crippen LogP contribution in [0.4, 0.5) is 13.2 Å². The second-order valence-corrected chi connectivity index (χ2v) is 10.6. The lowest BCUT2D eigenvalue weighted by Gasteiger charge is -2.22. The predicted octanol–water partition coefficient (Wildman–Crippen LogP) is 7.11. The SMILES string of the molecule is O=S(=O)([O-])C(F)(F)F.c1ccc(-c2cc(-c3ccccc3)[n+](-c3ccccc3)c3c2CCc2ccccc2-3)cc1. The molecule has 6 rings (SSSR count). The standard InChI is InChI=1S/C31H24N.CHF3O3S/c1-4-12-23(13-5-1)29-22-30(25-15-6-2-7-16-25)32(26-17-8-3-9-18-26)31-27-19-11-10-14-24(27)20-21-28(29)31;2-1(3,4)8(5,6)7/h1-19,22H,20-21H2;(H,5,6,7)/q+1;/p-1. The van der Waals surface area contributed by atoms with Crippen molar-refractivity contribution >= 4 is 10.1 Å². The average molecular weight is 560 g/mol. The number of hydrogen-bond acceptors (Lipinski definition) is 3. The molecular weight excluding hydrogens is 535 g/mol. The summed E-state index contributed by atoms with van der Waals surface area (Å²) in [5.74, 6) is 0. The van der Waals surface area contributed by atoms with Gasteiger partial charge >= 0.3 is 5.51 Å². The van der Waals surface area contributed by atoms with Gasteiger partial charge in [-0.25, -0.2) is 8.42 Å². The van der Waals surface area contributed by atoms with E-state index in [1.54, 1.807) is 0 Å². The summed E-state index contributed by atoms with van der Waals surface area (Å²) in [4.78, 5) is 0. The summed E-state index contributed by atoms with van der Waals surface area (Å²) >= 11 is 0. The minimum absolute atomic E-state index is 1.04. The van der Waals surface area contributed by atoms with Crippen molar-refractivity contribution in [3.63, 3.8) is 0 Å². The summed E-state index contributed by atoms with van der Waals surface area (Å²) in [5.41, 5.74) is 6.11. The highest BCUT2D eigenvalue weighted by molar-refractivity contribution is 7.86. The molecule has 0 N–H and O–H groups in total. The molecule has 5 aromatic rings. The second kappa shape index (κ2) is 11.1. The Morgan fingerprint density at radius 2 is 1.15 bits per heavy atom. The second-order valence-electron chi connectivity index (χ2n) is 9.23. The number of benzene rings is 4. The molecule has 0 saturated heterocycles. The molecule has 1 heterocycles. The molecule has 0 radical (unpaired) electrons. The molecule has 0 spiro atoms. The van der Waals surface area contributed by atoms with Gasteiger partial charge in [0.05, 0.1) is 5.56 Å². The summed E-state index contributed by atoms with van der Waals surface area (Å²) in [6.45, 7) is 0. The van der Waals surface area contributed by atoms with Gasteiger partial charge in [-0.1, -0.05) is 84.9 Å². The highest BCUT2D eigenvalue weighted by Crippen LogP contribution is 2.39. The van der Waals surface area contributed by atoms with Crippen LogP contribution in [0.3, 0.4) is 0 Å². The number of halogens is 3. The van der Waals surface area contributed by atoms with Crippen LogP contribution in [0.2, 0.25) is 0 Å². The van der Waals surface area contributed by atoms with E-state index in [0.29, 0.717) is 0 Å². The van der Waals surface area contributed by atoms with E-state index in [1.165, 1.54) is 50.5 Å². The minimum Gasteiger partial charge on any atom is -0.741 e. The monoisotopic (exact) mass is 559 g/mol. The summed E-state index contributed by atoms with van der Waals surface area (Å²) < 4.78 is 61.4. The van der Waals surface area contributed by atoms with Crippen LogP contribution in [0.15, 0.2) is 121 Å². The van der Waals surface area contributed by atoms with Gasteiger partial charge in [0.1, 0.15) is 0 Å². The van der Waals surface area contributed by atoms with Crippen molar-refractivity contribution in [1.29, 1.82) is 0 Å². The highest BCUT2D eigenvalue weighted by atomic mass is 32.2. The first kappa shape index (κ1) is 27.3. The largest absolute Gasteiger partial charge is 0.741 e. The highest BCUT2D eigenvalue weighted by Gasteiger charge is 2.37. The summed E-state index contributed by atoms with van der Waals surface area (Å²) in [7, 11) is -6.09. The number of para-hydroxylation sites is 1. The Morgan fingerprint density at radius 1 is 0.650 bits per heavy atom. The molecule has 0 fully saturated rings. The molecule has 1 aliphatic carbocycles. The van der Waals surface area contributed by atoms with Gasteiger partial charge in [-0.05, 0) is 47.7 Å². The van der Waals surface area contributed by atoms with E-state index in [4.69, 9.17) is 13.0 Å². The summed E-state index contributed by atoms with van der Waals surface area (Å²) in [6, 6.07) is 43.7. The third kappa shape index (κ3) is 5.54. The maximum atomic E-state index is 10.7. The van der Waals surface area contributed by atoms with E-state index < -0.39 is 15.6 Å². The van der Waals surface area contributed by atoms with Crippen LogP contribution in [0, 0.1) is 0 Å². The van der Waals surface area contributed by atoms with Crippen molar-refractivity contribution < 1.29 is 30.7 Å². The first-order valence-electron chi connectivity index (χ1n) is 12.5. The molecule has 4 nitrogen and oxygen atoms in total. The van der Waals surface area contributed by atoms with Gasteiger partial charge in [0.25, 0.3) is 0 Å². The molecule has 0 aliphatic heterocycles. The van der Waals surface area contributed by atoms with Gasteiger partial charge < -0.3 is 4.55 Å². The van der Waals surface area contributed by atoms with E-state index in [0.717, 1.165) is 12.8 Å². The molecule has 202 valence electrons. The first-order chi connectivity index (χ1) is 19.1. The van der Waals surface area contributed by atoms with E-state index in [-0.39, 0.29) is 0 Å². The molecule has 4 aromatic carbocycles. The Bertz CT molecular complexity index is 1740. The van der Waals surface area contributed by atoms with E-state index >= 15 is 0 Å². The van der Waals surface area contributed by atoms with Gasteiger partial charge in [0, 0.05) is 29.3 Å². The lowest BCUT2D eigenvalue weighted by atomic mass is 9.83. The number of aryl methyl sites for hydroxylation is 1. The van der Waals surface area contributed by atoms with Crippen LogP contribution in [0.1, 0.15) is 11.1 Å². The zero-order valence-electron chi connectivity index (χ0n) is 21.2. The van der Waals surface area contributed by atoms with Gasteiger partial charge in [-0.15, -0.1) is 0 Å². The molecule has 8 heteroatoms. The van der Waals surface area contributed by atoms with Crippen molar-refractivity contribution in [2.75, 3.05) is 0 Å². The fraction of sp³-hybridized carbons (Fsp3) is 0.0938. The Kier molecular flexibility index (Phi) is 7.56. The summed E-state index contributed by atoms with van der Waals surface area (Å²) in [5, 5.41) is 0. The molecule has 0 amide bonds. The minimum atomic E-state index is -6.09. The van der Waals surface area contributed by atoms with Crippen molar-refractivity contribution in [3.8, 4) is 39.3 Å². The quantitative estimate of drug-likeness (QED) is 0.134. The molecule has 1 aliphatic rings. The van der Waals surface area contributed by atoms with E-state index in [9.17, 15) is 13.2 Å². The Morgan fingerprint density at radius 3 is 1.73 bits per heavy atom. The van der Waals surface area contributed by atoms with Crippen molar-refractivity contribution in [1.82, 2.24) is 0 Å². The third-order valence-corrected chi connectivity index (χ3v) is 7.29. The zero-order chi connectivity index (χ0) is 28.3. The molecule has 0 bridgehead atoms. The average Bonchev–Trinajstić information content (AvgIpc) is 2.97. The van der Waals surface area contributed by atoms with Crippen LogP contribution >= 0.6 is 0 Å². The number of nitrogens with zero attached hydrogens (tertiary/aromatic N) is 1. The number of rotatable bonds is 3. The predicted molar refractivity (Wildman–Crippen MR) is 147 cm³/mol. The molecule has 0 saturated carbocycles. The number of hydrogen-bond donors (Lipinski definition) is 0.